The van der Waals surface area contributed by atoms with E-state index in [9.17, 15) is 4.39 Å². The highest BCUT2D eigenvalue weighted by molar-refractivity contribution is 5.99. The van der Waals surface area contributed by atoms with Crippen LogP contribution in [0.5, 0.6) is 5.75 Å². The molecule has 0 fully saturated rings. The second-order valence-corrected chi connectivity index (χ2v) is 9.04. The van der Waals surface area contributed by atoms with Gasteiger partial charge in [0.1, 0.15) is 35.0 Å². The predicted octanol–water partition coefficient (Wildman–Crippen LogP) is 5.31. The number of likely N-dealkylation sites (N-methyl/N-ethyl adjacent to an activating group) is 1. The molecule has 0 aliphatic heterocycles. The van der Waals surface area contributed by atoms with Gasteiger partial charge in [-0.05, 0) is 67.7 Å². The number of hydrogen-bond acceptors (Lipinski definition) is 6. The van der Waals surface area contributed by atoms with Gasteiger partial charge in [0.2, 0.25) is 0 Å². The summed E-state index contributed by atoms with van der Waals surface area (Å²) in [5.74, 6) is 0.412. The number of nitrogens with one attached hydrogen (secondary N) is 2. The number of aromatic amines is 2. The maximum absolute atomic E-state index is 13.9. The van der Waals surface area contributed by atoms with Gasteiger partial charge in [0, 0.05) is 29.9 Å². The first-order valence-corrected chi connectivity index (χ1v) is 11.9. The van der Waals surface area contributed by atoms with Crippen LogP contribution in [0.1, 0.15) is 0 Å². The fraction of sp³-hybridized carbons (Fsp3) is 0.143. The summed E-state index contributed by atoms with van der Waals surface area (Å²) < 4.78 is 19.7. The molecule has 0 radical (unpaired) electrons. The molecule has 0 unspecified atom stereocenters. The molecule has 0 saturated carbocycles. The first-order valence-electron chi connectivity index (χ1n) is 11.9. The molecular formula is C28H24FN7O. The fourth-order valence-electron chi connectivity index (χ4n) is 4.29. The van der Waals surface area contributed by atoms with Crippen LogP contribution in [0.2, 0.25) is 0 Å². The van der Waals surface area contributed by atoms with Crippen molar-refractivity contribution in [3.05, 3.63) is 79.0 Å². The van der Waals surface area contributed by atoms with Gasteiger partial charge in [-0.15, -0.1) is 0 Å². The highest BCUT2D eigenvalue weighted by Gasteiger charge is 2.16. The molecule has 9 heteroatoms. The molecule has 5 heterocycles. The quantitative estimate of drug-likeness (QED) is 0.313. The smallest absolute Gasteiger partial charge is 0.138 e. The van der Waals surface area contributed by atoms with Crippen molar-refractivity contribution in [3.8, 4) is 39.5 Å². The molecule has 37 heavy (non-hydrogen) atoms. The third kappa shape index (κ3) is 4.52. The summed E-state index contributed by atoms with van der Waals surface area (Å²) in [6, 6.07) is 16.2. The van der Waals surface area contributed by atoms with Crippen LogP contribution in [-0.4, -0.2) is 62.3 Å². The Labute approximate surface area is 212 Å². The number of ether oxygens (including phenoxy) is 1. The SMILES string of the molecule is CN(C)CCOc1cncc(-c2ccc3[nH]nc(-c4cc5c(-c6cccc(F)c6)ccnc5[nH]4)c3n2)c1. The molecule has 5 aromatic heterocycles. The zero-order chi connectivity index (χ0) is 25.4. The highest BCUT2D eigenvalue weighted by atomic mass is 19.1. The van der Waals surface area contributed by atoms with Crippen LogP contribution in [0.25, 0.3) is 55.8 Å². The number of aromatic nitrogens is 6. The summed E-state index contributed by atoms with van der Waals surface area (Å²) in [4.78, 5) is 19.1. The van der Waals surface area contributed by atoms with Crippen LogP contribution in [0.15, 0.2) is 73.2 Å². The monoisotopic (exact) mass is 493 g/mol. The van der Waals surface area contributed by atoms with E-state index < -0.39 is 0 Å². The fourth-order valence-corrected chi connectivity index (χ4v) is 4.29. The summed E-state index contributed by atoms with van der Waals surface area (Å²) >= 11 is 0. The lowest BCUT2D eigenvalue weighted by molar-refractivity contribution is 0.261. The predicted molar refractivity (Wildman–Crippen MR) is 142 cm³/mol. The number of hydrogen-bond donors (Lipinski definition) is 2. The van der Waals surface area contributed by atoms with Crippen LogP contribution < -0.4 is 4.74 Å². The Balaban J connectivity index is 1.38. The third-order valence-corrected chi connectivity index (χ3v) is 6.15. The Morgan fingerprint density at radius 2 is 1.92 bits per heavy atom. The van der Waals surface area contributed by atoms with Crippen molar-refractivity contribution in [3.63, 3.8) is 0 Å². The molecule has 0 aliphatic carbocycles. The number of halogens is 1. The standard InChI is InChI=1S/C28H24FN7O/c1-36(2)10-11-37-20-13-18(15-30-16-20)23-6-7-24-26(32-23)27(35-34-24)25-14-22-21(8-9-31-28(22)33-25)17-4-3-5-19(29)12-17/h3-9,12-16H,10-11H2,1-2H3,(H,31,33)(H,34,35). The average molecular weight is 494 g/mol. The molecule has 0 spiro atoms. The maximum Gasteiger partial charge on any atom is 0.138 e. The van der Waals surface area contributed by atoms with Gasteiger partial charge >= 0.3 is 0 Å². The van der Waals surface area contributed by atoms with Gasteiger partial charge in [-0.1, -0.05) is 12.1 Å². The molecule has 0 saturated heterocycles. The van der Waals surface area contributed by atoms with E-state index >= 15 is 0 Å². The van der Waals surface area contributed by atoms with Crippen LogP contribution in [0.3, 0.4) is 0 Å². The van der Waals surface area contributed by atoms with E-state index in [1.165, 1.54) is 12.1 Å². The van der Waals surface area contributed by atoms with E-state index in [1.807, 2.05) is 50.5 Å². The van der Waals surface area contributed by atoms with E-state index in [0.717, 1.165) is 51.0 Å². The van der Waals surface area contributed by atoms with Crippen LogP contribution >= 0.6 is 0 Å². The van der Waals surface area contributed by atoms with Gasteiger partial charge in [-0.2, -0.15) is 5.10 Å². The largest absolute Gasteiger partial charge is 0.491 e. The first kappa shape index (κ1) is 22.8. The highest BCUT2D eigenvalue weighted by Crippen LogP contribution is 2.33. The Kier molecular flexibility index (Phi) is 5.82. The third-order valence-electron chi connectivity index (χ3n) is 6.15. The van der Waals surface area contributed by atoms with Crippen molar-refractivity contribution in [2.45, 2.75) is 0 Å². The summed E-state index contributed by atoms with van der Waals surface area (Å²) in [5, 5.41) is 8.48. The minimum atomic E-state index is -0.282. The molecule has 6 rings (SSSR count). The van der Waals surface area contributed by atoms with Gasteiger partial charge < -0.3 is 14.6 Å². The van der Waals surface area contributed by atoms with E-state index in [0.29, 0.717) is 23.7 Å². The number of H-pyrrole nitrogens is 2. The summed E-state index contributed by atoms with van der Waals surface area (Å²) in [6.07, 6.45) is 5.18. The normalized spacial score (nSPS) is 11.6. The molecule has 0 amide bonds. The average Bonchev–Trinajstić information content (AvgIpc) is 3.52. The zero-order valence-electron chi connectivity index (χ0n) is 20.4. The number of nitrogens with zero attached hydrogens (tertiary/aromatic N) is 5. The molecule has 0 aliphatic rings. The molecule has 1 aromatic carbocycles. The van der Waals surface area contributed by atoms with Crippen LogP contribution in [-0.2, 0) is 0 Å². The summed E-state index contributed by atoms with van der Waals surface area (Å²) in [6.45, 7) is 1.38. The second-order valence-electron chi connectivity index (χ2n) is 9.04. The van der Waals surface area contributed by atoms with Crippen molar-refractivity contribution in [1.29, 1.82) is 0 Å². The molecule has 0 atom stereocenters. The zero-order valence-corrected chi connectivity index (χ0v) is 20.4. The van der Waals surface area contributed by atoms with E-state index in [1.54, 1.807) is 24.7 Å². The lowest BCUT2D eigenvalue weighted by Crippen LogP contribution is -2.19. The van der Waals surface area contributed by atoms with Crippen LogP contribution in [0.4, 0.5) is 4.39 Å². The number of fused-ring (bicyclic) bond motifs is 2. The number of rotatable bonds is 7. The molecular weight excluding hydrogens is 469 g/mol. The van der Waals surface area contributed by atoms with Crippen molar-refractivity contribution in [1.82, 2.24) is 35.0 Å². The minimum absolute atomic E-state index is 0.282. The molecule has 0 bridgehead atoms. The van der Waals surface area contributed by atoms with Crippen molar-refractivity contribution < 1.29 is 9.13 Å². The molecule has 2 N–H and O–H groups in total. The Morgan fingerprint density at radius 3 is 2.78 bits per heavy atom. The van der Waals surface area contributed by atoms with E-state index in [4.69, 9.17) is 9.72 Å². The molecule has 8 nitrogen and oxygen atoms in total. The van der Waals surface area contributed by atoms with Crippen molar-refractivity contribution in [2.24, 2.45) is 0 Å². The van der Waals surface area contributed by atoms with Gasteiger partial charge in [0.15, 0.2) is 0 Å². The summed E-state index contributed by atoms with van der Waals surface area (Å²) in [5.41, 5.74) is 6.93. The van der Waals surface area contributed by atoms with Gasteiger partial charge in [0.25, 0.3) is 0 Å². The number of pyridine rings is 3. The summed E-state index contributed by atoms with van der Waals surface area (Å²) in [7, 11) is 4.01. The van der Waals surface area contributed by atoms with Gasteiger partial charge in [-0.3, -0.25) is 10.1 Å². The minimum Gasteiger partial charge on any atom is -0.491 e. The lowest BCUT2D eigenvalue weighted by Gasteiger charge is -2.11. The topological polar surface area (TPSA) is 95.6 Å². The van der Waals surface area contributed by atoms with Crippen LogP contribution in [0, 0.1) is 5.82 Å². The van der Waals surface area contributed by atoms with E-state index in [-0.39, 0.29) is 5.82 Å². The first-order chi connectivity index (χ1) is 18.0. The van der Waals surface area contributed by atoms with E-state index in [2.05, 4.69) is 30.0 Å². The Morgan fingerprint density at radius 1 is 1.00 bits per heavy atom. The molecule has 184 valence electrons. The van der Waals surface area contributed by atoms with Gasteiger partial charge in [0.05, 0.1) is 23.1 Å². The molecule has 6 aromatic rings. The maximum atomic E-state index is 13.9. The number of benzene rings is 1. The van der Waals surface area contributed by atoms with Crippen molar-refractivity contribution in [2.75, 3.05) is 27.2 Å². The second kappa shape index (κ2) is 9.44. The Bertz CT molecular complexity index is 1720. The van der Waals surface area contributed by atoms with Crippen molar-refractivity contribution >= 4 is 22.1 Å². The Hall–Kier alpha value is -4.63. The lowest BCUT2D eigenvalue weighted by atomic mass is 10.0. The van der Waals surface area contributed by atoms with Gasteiger partial charge in [-0.25, -0.2) is 14.4 Å².